The number of likely N-dealkylation sites (N-methyl/N-ethyl adjacent to an activating group) is 1. The molecule has 15 heavy (non-hydrogen) atoms. The molecule has 84 valence electrons. The number of rotatable bonds is 5. The summed E-state index contributed by atoms with van der Waals surface area (Å²) in [5, 5.41) is 4.47. The van der Waals surface area contributed by atoms with Crippen molar-refractivity contribution in [3.8, 4) is 0 Å². The van der Waals surface area contributed by atoms with Crippen molar-refractivity contribution in [1.82, 2.24) is 14.9 Å². The van der Waals surface area contributed by atoms with Crippen LogP contribution in [0.15, 0.2) is 18.3 Å². The highest BCUT2D eigenvalue weighted by Crippen LogP contribution is 1.98. The molecule has 0 fully saturated rings. The van der Waals surface area contributed by atoms with Crippen molar-refractivity contribution in [3.63, 3.8) is 0 Å². The lowest BCUT2D eigenvalue weighted by molar-refractivity contribution is -0.107. The molecule has 0 aromatic carbocycles. The van der Waals surface area contributed by atoms with Gasteiger partial charge in [0.15, 0.2) is 0 Å². The summed E-state index contributed by atoms with van der Waals surface area (Å²) >= 11 is 0. The minimum absolute atomic E-state index is 0.0630. The van der Waals surface area contributed by atoms with E-state index in [9.17, 15) is 4.79 Å². The molecule has 0 spiro atoms. The van der Waals surface area contributed by atoms with Crippen LogP contribution >= 0.6 is 0 Å². The molecule has 0 aliphatic carbocycles. The highest BCUT2D eigenvalue weighted by Gasteiger charge is 2.07. The molecular formula is C10H17N3O2. The number of amides is 1. The maximum absolute atomic E-state index is 11.6. The Morgan fingerprint density at radius 3 is 2.93 bits per heavy atom. The maximum atomic E-state index is 11.6. The van der Waals surface area contributed by atoms with E-state index in [0.717, 1.165) is 0 Å². The Morgan fingerprint density at radius 2 is 2.40 bits per heavy atom. The molecule has 5 nitrogen and oxygen atoms in total. The zero-order chi connectivity index (χ0) is 11.3. The molecule has 1 rings (SSSR count). The van der Waals surface area contributed by atoms with Gasteiger partial charge in [-0.25, -0.2) is 0 Å². The predicted molar refractivity (Wildman–Crippen MR) is 57.4 cm³/mol. The molecule has 0 saturated carbocycles. The van der Waals surface area contributed by atoms with Gasteiger partial charge in [-0.2, -0.15) is 5.06 Å². The lowest BCUT2D eigenvalue weighted by atomic mass is 10.4. The van der Waals surface area contributed by atoms with Gasteiger partial charge in [0.05, 0.1) is 7.11 Å². The quantitative estimate of drug-likeness (QED) is 0.710. The Balaban J connectivity index is 2.34. The van der Waals surface area contributed by atoms with Gasteiger partial charge in [0, 0.05) is 33.4 Å². The highest BCUT2D eigenvalue weighted by molar-refractivity contribution is 5.92. The van der Waals surface area contributed by atoms with Gasteiger partial charge in [0.2, 0.25) is 0 Å². The molecule has 1 aromatic heterocycles. The molecular weight excluding hydrogens is 194 g/mol. The number of carbonyl (C=O) groups is 1. The number of carbonyl (C=O) groups excluding carboxylic acids is 1. The van der Waals surface area contributed by atoms with Gasteiger partial charge in [-0.1, -0.05) is 0 Å². The van der Waals surface area contributed by atoms with E-state index in [1.165, 1.54) is 0 Å². The average Bonchev–Trinajstić information content (AvgIpc) is 2.64. The van der Waals surface area contributed by atoms with E-state index in [1.54, 1.807) is 22.8 Å². The summed E-state index contributed by atoms with van der Waals surface area (Å²) in [6, 6.07) is 3.63. The average molecular weight is 211 g/mol. The molecule has 0 radical (unpaired) electrons. The predicted octanol–water partition coefficient (Wildman–Crippen LogP) is 0.248. The van der Waals surface area contributed by atoms with Crippen LogP contribution in [-0.2, 0) is 11.9 Å². The van der Waals surface area contributed by atoms with E-state index in [1.807, 2.05) is 26.4 Å². The van der Waals surface area contributed by atoms with Crippen LogP contribution in [0.4, 0.5) is 0 Å². The number of nitrogens with zero attached hydrogens (tertiary/aromatic N) is 2. The first-order valence-corrected chi connectivity index (χ1v) is 4.80. The van der Waals surface area contributed by atoms with Crippen LogP contribution in [-0.4, -0.2) is 42.8 Å². The Morgan fingerprint density at radius 1 is 1.67 bits per heavy atom. The maximum Gasteiger partial charge on any atom is 0.267 e. The molecule has 0 unspecified atom stereocenters. The highest BCUT2D eigenvalue weighted by atomic mass is 16.7. The van der Waals surface area contributed by atoms with Crippen LogP contribution in [0.25, 0.3) is 0 Å². The molecule has 0 saturated heterocycles. The number of hydrogen-bond acceptors (Lipinski definition) is 3. The summed E-state index contributed by atoms with van der Waals surface area (Å²) in [5.41, 5.74) is 0.662. The minimum Gasteiger partial charge on any atom is -0.349 e. The molecule has 0 atom stereocenters. The lowest BCUT2D eigenvalue weighted by Crippen LogP contribution is -2.33. The second kappa shape index (κ2) is 5.53. The fraction of sp³-hybridized carbons (Fsp3) is 0.500. The molecule has 0 aliphatic heterocycles. The SMILES string of the molecule is CON(C)CCNC(=O)c1cccn1C. The third kappa shape index (κ3) is 3.38. The summed E-state index contributed by atoms with van der Waals surface area (Å²) in [6.07, 6.45) is 1.84. The van der Waals surface area contributed by atoms with Gasteiger partial charge in [-0.05, 0) is 12.1 Å². The Hall–Kier alpha value is -1.33. The molecule has 1 N–H and O–H groups in total. The second-order valence-corrected chi connectivity index (χ2v) is 3.29. The van der Waals surface area contributed by atoms with Crippen LogP contribution in [0, 0.1) is 0 Å². The zero-order valence-corrected chi connectivity index (χ0v) is 9.36. The van der Waals surface area contributed by atoms with E-state index in [4.69, 9.17) is 4.84 Å². The summed E-state index contributed by atoms with van der Waals surface area (Å²) in [7, 11) is 5.25. The zero-order valence-electron chi connectivity index (χ0n) is 9.36. The van der Waals surface area contributed by atoms with Crippen LogP contribution < -0.4 is 5.32 Å². The number of aromatic nitrogens is 1. The van der Waals surface area contributed by atoms with Gasteiger partial charge in [-0.3, -0.25) is 4.79 Å². The van der Waals surface area contributed by atoms with Crippen molar-refractivity contribution >= 4 is 5.91 Å². The van der Waals surface area contributed by atoms with Gasteiger partial charge in [-0.15, -0.1) is 0 Å². The van der Waals surface area contributed by atoms with E-state index in [0.29, 0.717) is 18.8 Å². The topological polar surface area (TPSA) is 46.5 Å². The standard InChI is InChI=1S/C10H17N3O2/c1-12-7-4-5-9(12)10(14)11-6-8-13(2)15-3/h4-5,7H,6,8H2,1-3H3,(H,11,14). The molecule has 0 aliphatic rings. The van der Waals surface area contributed by atoms with E-state index in [2.05, 4.69) is 5.32 Å². The number of nitrogens with one attached hydrogen (secondary N) is 1. The van der Waals surface area contributed by atoms with E-state index >= 15 is 0 Å². The Bertz CT molecular complexity index is 322. The molecule has 5 heteroatoms. The first-order valence-electron chi connectivity index (χ1n) is 4.80. The third-order valence-corrected chi connectivity index (χ3v) is 2.20. The van der Waals surface area contributed by atoms with Crippen LogP contribution in [0.2, 0.25) is 0 Å². The number of hydroxylamine groups is 2. The van der Waals surface area contributed by atoms with Crippen molar-refractivity contribution in [2.75, 3.05) is 27.2 Å². The van der Waals surface area contributed by atoms with Gasteiger partial charge < -0.3 is 14.7 Å². The largest absolute Gasteiger partial charge is 0.349 e. The number of hydrogen-bond donors (Lipinski definition) is 1. The van der Waals surface area contributed by atoms with Crippen molar-refractivity contribution in [1.29, 1.82) is 0 Å². The molecule has 1 aromatic rings. The van der Waals surface area contributed by atoms with Crippen LogP contribution in [0.1, 0.15) is 10.5 Å². The molecule has 0 bridgehead atoms. The number of aryl methyl sites for hydroxylation is 1. The smallest absolute Gasteiger partial charge is 0.267 e. The molecule has 1 amide bonds. The second-order valence-electron chi connectivity index (χ2n) is 3.29. The normalized spacial score (nSPS) is 10.7. The van der Waals surface area contributed by atoms with Crippen molar-refractivity contribution < 1.29 is 9.63 Å². The summed E-state index contributed by atoms with van der Waals surface area (Å²) < 4.78 is 1.79. The first-order chi connectivity index (χ1) is 7.15. The first kappa shape index (κ1) is 11.7. The fourth-order valence-electron chi connectivity index (χ4n) is 1.21. The van der Waals surface area contributed by atoms with Crippen molar-refractivity contribution in [2.24, 2.45) is 7.05 Å². The van der Waals surface area contributed by atoms with Gasteiger partial charge >= 0.3 is 0 Å². The van der Waals surface area contributed by atoms with Crippen molar-refractivity contribution in [2.45, 2.75) is 0 Å². The molecule has 1 heterocycles. The van der Waals surface area contributed by atoms with Crippen LogP contribution in [0.3, 0.4) is 0 Å². The lowest BCUT2D eigenvalue weighted by Gasteiger charge is -2.13. The van der Waals surface area contributed by atoms with Gasteiger partial charge in [0.1, 0.15) is 5.69 Å². The summed E-state index contributed by atoms with van der Waals surface area (Å²) in [5.74, 6) is -0.0630. The third-order valence-electron chi connectivity index (χ3n) is 2.20. The Labute approximate surface area is 89.6 Å². The van der Waals surface area contributed by atoms with Gasteiger partial charge in [0.25, 0.3) is 5.91 Å². The Kier molecular flexibility index (Phi) is 4.33. The summed E-state index contributed by atoms with van der Waals surface area (Å²) in [6.45, 7) is 1.22. The fourth-order valence-corrected chi connectivity index (χ4v) is 1.21. The summed E-state index contributed by atoms with van der Waals surface area (Å²) in [4.78, 5) is 16.5. The van der Waals surface area contributed by atoms with E-state index < -0.39 is 0 Å². The minimum atomic E-state index is -0.0630. The van der Waals surface area contributed by atoms with E-state index in [-0.39, 0.29) is 5.91 Å². The van der Waals surface area contributed by atoms with Crippen molar-refractivity contribution in [3.05, 3.63) is 24.0 Å². The monoisotopic (exact) mass is 211 g/mol. The van der Waals surface area contributed by atoms with Crippen LogP contribution in [0.5, 0.6) is 0 Å².